The van der Waals surface area contributed by atoms with Crippen LogP contribution in [0, 0.1) is 11.3 Å². The van der Waals surface area contributed by atoms with Crippen LogP contribution < -0.4 is 0 Å². The van der Waals surface area contributed by atoms with Crippen LogP contribution in [0.1, 0.15) is 23.5 Å². The fourth-order valence-corrected chi connectivity index (χ4v) is 5.50. The summed E-state index contributed by atoms with van der Waals surface area (Å²) in [6.07, 6.45) is -9.76. The fraction of sp³-hybridized carbons (Fsp3) is 0.333. The molecule has 1 saturated carbocycles. The minimum atomic E-state index is -5.04. The Morgan fingerprint density at radius 1 is 0.976 bits per heavy atom. The van der Waals surface area contributed by atoms with Gasteiger partial charge in [0, 0.05) is 21.9 Å². The van der Waals surface area contributed by atoms with Gasteiger partial charge in [-0.05, 0) is 36.2 Å². The zero-order valence-electron chi connectivity index (χ0n) is 20.8. The van der Waals surface area contributed by atoms with Crippen LogP contribution in [-0.4, -0.2) is 54.9 Å². The van der Waals surface area contributed by atoms with Crippen molar-refractivity contribution in [3.63, 3.8) is 0 Å². The van der Waals surface area contributed by atoms with Crippen LogP contribution in [0.25, 0.3) is 0 Å². The van der Waals surface area contributed by atoms with E-state index in [9.17, 15) is 40.7 Å². The molecule has 3 atom stereocenters. The number of benzene rings is 2. The first kappa shape index (κ1) is 30.3. The number of ether oxygens (including phenoxy) is 3. The summed E-state index contributed by atoms with van der Waals surface area (Å²) in [4.78, 5) is 45.3. The third-order valence-corrected chi connectivity index (χ3v) is 7.34. The fourth-order valence-electron chi connectivity index (χ4n) is 5.23. The molecule has 0 saturated heterocycles. The quantitative estimate of drug-likeness (QED) is 0.126. The molecule has 0 bridgehead atoms. The summed E-state index contributed by atoms with van der Waals surface area (Å²) in [5, 5.41) is 0. The molecule has 7 nitrogen and oxygen atoms in total. The summed E-state index contributed by atoms with van der Waals surface area (Å²) in [6, 6.07) is 13.5. The first-order valence-electron chi connectivity index (χ1n) is 11.9. The summed E-state index contributed by atoms with van der Waals surface area (Å²) in [5.74, 6) is -8.11. The second kappa shape index (κ2) is 11.0. The maximum Gasteiger partial charge on any atom is 0.422 e. The van der Waals surface area contributed by atoms with E-state index in [1.165, 1.54) is 24.3 Å². The highest BCUT2D eigenvalue weighted by Crippen LogP contribution is 2.63. The normalized spacial score (nSPS) is 23.6. The standard InChI is InChI=1S/C27H20BrF6NO6/c1-2-17-12-24(21(36)39-13-25(29,30)31,22(37)40-14-26(32,33)34)19(15-8-10-18(28)11-9-15)27(17)23(38)41-20(35-27)16-6-4-3-5-7-16/h2-11,17,19H,1,12-14H2/t17-,19-,27+/m1/s1. The van der Waals surface area contributed by atoms with Crippen molar-refractivity contribution in [2.24, 2.45) is 16.3 Å². The number of rotatable bonds is 7. The van der Waals surface area contributed by atoms with E-state index in [1.807, 2.05) is 0 Å². The summed E-state index contributed by atoms with van der Waals surface area (Å²) in [5.41, 5.74) is -4.79. The maximum absolute atomic E-state index is 13.7. The van der Waals surface area contributed by atoms with Gasteiger partial charge in [0.15, 0.2) is 24.2 Å². The molecule has 1 fully saturated rings. The van der Waals surface area contributed by atoms with E-state index < -0.39 is 72.7 Å². The van der Waals surface area contributed by atoms with Crippen molar-refractivity contribution in [1.29, 1.82) is 0 Å². The summed E-state index contributed by atoms with van der Waals surface area (Å²) in [7, 11) is 0. The Morgan fingerprint density at radius 2 is 1.51 bits per heavy atom. The molecular formula is C27H20BrF6NO6. The van der Waals surface area contributed by atoms with Gasteiger partial charge in [0.1, 0.15) is 0 Å². The summed E-state index contributed by atoms with van der Waals surface area (Å²) >= 11 is 3.22. The van der Waals surface area contributed by atoms with E-state index in [0.717, 1.165) is 6.08 Å². The molecule has 1 aliphatic carbocycles. The minimum absolute atomic E-state index is 0.000444. The van der Waals surface area contributed by atoms with Crippen LogP contribution in [-0.2, 0) is 28.6 Å². The number of hydrogen-bond donors (Lipinski definition) is 0. The lowest BCUT2D eigenvalue weighted by Crippen LogP contribution is -2.51. The smallest absolute Gasteiger partial charge is 0.422 e. The van der Waals surface area contributed by atoms with E-state index >= 15 is 0 Å². The molecule has 218 valence electrons. The highest BCUT2D eigenvalue weighted by molar-refractivity contribution is 9.10. The number of aliphatic imine (C=N–C) groups is 1. The Balaban J connectivity index is 1.98. The van der Waals surface area contributed by atoms with Crippen LogP contribution in [0.5, 0.6) is 0 Å². The van der Waals surface area contributed by atoms with Gasteiger partial charge >= 0.3 is 30.3 Å². The van der Waals surface area contributed by atoms with Crippen LogP contribution in [0.3, 0.4) is 0 Å². The number of hydrogen-bond acceptors (Lipinski definition) is 7. The van der Waals surface area contributed by atoms with Gasteiger partial charge in [-0.1, -0.05) is 52.3 Å². The van der Waals surface area contributed by atoms with Crippen molar-refractivity contribution in [2.75, 3.05) is 13.2 Å². The Labute approximate surface area is 237 Å². The van der Waals surface area contributed by atoms with Crippen molar-refractivity contribution in [3.05, 3.63) is 82.9 Å². The molecule has 2 aromatic rings. The van der Waals surface area contributed by atoms with Gasteiger partial charge in [-0.25, -0.2) is 9.79 Å². The highest BCUT2D eigenvalue weighted by atomic mass is 79.9. The Morgan fingerprint density at radius 3 is 2.00 bits per heavy atom. The van der Waals surface area contributed by atoms with E-state index in [4.69, 9.17) is 4.74 Å². The first-order valence-corrected chi connectivity index (χ1v) is 12.7. The van der Waals surface area contributed by atoms with Crippen LogP contribution in [0.2, 0.25) is 0 Å². The van der Waals surface area contributed by atoms with Crippen LogP contribution in [0.15, 0.2) is 76.7 Å². The lowest BCUT2D eigenvalue weighted by Gasteiger charge is -2.35. The molecule has 0 amide bonds. The predicted octanol–water partition coefficient (Wildman–Crippen LogP) is 5.68. The first-order chi connectivity index (χ1) is 19.1. The molecule has 41 heavy (non-hydrogen) atoms. The van der Waals surface area contributed by atoms with Gasteiger partial charge in [0.25, 0.3) is 0 Å². The topological polar surface area (TPSA) is 91.3 Å². The summed E-state index contributed by atoms with van der Waals surface area (Å²) < 4.78 is 93.4. The molecule has 2 aromatic carbocycles. The molecule has 1 spiro atoms. The SMILES string of the molecule is C=C[C@@H]1CC(C(=O)OCC(F)(F)F)(C(=O)OCC(F)(F)F)[C@@H](c2ccc(Br)cc2)[C@@]12N=C(c1ccccc1)OC2=O. The number of nitrogens with zero attached hydrogens (tertiary/aromatic N) is 1. The zero-order valence-corrected chi connectivity index (χ0v) is 22.4. The summed E-state index contributed by atoms with van der Waals surface area (Å²) in [6.45, 7) is -0.660. The molecule has 4 rings (SSSR count). The monoisotopic (exact) mass is 647 g/mol. The van der Waals surface area contributed by atoms with Crippen molar-refractivity contribution < 1.29 is 54.9 Å². The molecule has 14 heteroatoms. The number of esters is 3. The van der Waals surface area contributed by atoms with Gasteiger partial charge < -0.3 is 14.2 Å². The van der Waals surface area contributed by atoms with Crippen molar-refractivity contribution in [1.82, 2.24) is 0 Å². The predicted molar refractivity (Wildman–Crippen MR) is 133 cm³/mol. The highest BCUT2D eigenvalue weighted by Gasteiger charge is 2.75. The zero-order chi connectivity index (χ0) is 30.2. The third kappa shape index (κ3) is 5.74. The molecule has 2 aliphatic rings. The molecule has 0 N–H and O–H groups in total. The number of carbonyl (C=O) groups is 3. The van der Waals surface area contributed by atoms with Gasteiger partial charge in [0.05, 0.1) is 0 Å². The average molecular weight is 648 g/mol. The minimum Gasteiger partial charge on any atom is -0.455 e. The molecule has 0 unspecified atom stereocenters. The van der Waals surface area contributed by atoms with E-state index in [0.29, 0.717) is 10.0 Å². The van der Waals surface area contributed by atoms with Crippen LogP contribution in [0.4, 0.5) is 26.3 Å². The number of carbonyl (C=O) groups excluding carboxylic acids is 3. The Kier molecular flexibility index (Phi) is 8.09. The molecule has 1 heterocycles. The van der Waals surface area contributed by atoms with Crippen molar-refractivity contribution >= 4 is 39.7 Å². The number of halogens is 7. The van der Waals surface area contributed by atoms with Gasteiger partial charge in [-0.3, -0.25) is 9.59 Å². The molecular weight excluding hydrogens is 628 g/mol. The lowest BCUT2D eigenvalue weighted by atomic mass is 9.68. The van der Waals surface area contributed by atoms with E-state index in [1.54, 1.807) is 30.3 Å². The van der Waals surface area contributed by atoms with Gasteiger partial charge in [0.2, 0.25) is 5.90 Å². The number of cyclic esters (lactones) is 1. The molecule has 0 radical (unpaired) electrons. The Bertz CT molecular complexity index is 1350. The van der Waals surface area contributed by atoms with Gasteiger partial charge in [-0.15, -0.1) is 6.58 Å². The van der Waals surface area contributed by atoms with E-state index in [-0.39, 0.29) is 11.5 Å². The second-order valence-electron chi connectivity index (χ2n) is 9.38. The third-order valence-electron chi connectivity index (χ3n) is 6.81. The van der Waals surface area contributed by atoms with E-state index in [2.05, 4.69) is 37.0 Å². The van der Waals surface area contributed by atoms with Crippen LogP contribution >= 0.6 is 15.9 Å². The van der Waals surface area contributed by atoms with Crippen molar-refractivity contribution in [2.45, 2.75) is 30.2 Å². The lowest BCUT2D eigenvalue weighted by molar-refractivity contribution is -0.207. The Hall–Kier alpha value is -3.68. The second-order valence-corrected chi connectivity index (χ2v) is 10.3. The maximum atomic E-state index is 13.7. The van der Waals surface area contributed by atoms with Gasteiger partial charge in [-0.2, -0.15) is 26.3 Å². The van der Waals surface area contributed by atoms with Crippen molar-refractivity contribution in [3.8, 4) is 0 Å². The largest absolute Gasteiger partial charge is 0.455 e. The number of alkyl halides is 6. The average Bonchev–Trinajstić information content (AvgIpc) is 3.41. The molecule has 0 aromatic heterocycles. The molecule has 1 aliphatic heterocycles.